The third kappa shape index (κ3) is 6.88. The van der Waals surface area contributed by atoms with Crippen LogP contribution in [-0.4, -0.2) is 12.8 Å². The predicted molar refractivity (Wildman–Crippen MR) is 64.1 cm³/mol. The molecule has 80 valence electrons. The van der Waals surface area contributed by atoms with E-state index in [1.54, 1.807) is 0 Å². The van der Waals surface area contributed by atoms with Gasteiger partial charge in [-0.3, -0.25) is 4.99 Å². The molecule has 14 heavy (non-hydrogen) atoms. The Kier molecular flexibility index (Phi) is 7.37. The number of rotatable bonds is 0. The Morgan fingerprint density at radius 3 is 2.14 bits per heavy atom. The van der Waals surface area contributed by atoms with E-state index in [9.17, 15) is 0 Å². The molecule has 1 nitrogen and oxygen atoms in total. The topological polar surface area (TPSA) is 12.4 Å². The number of allylic oxidation sites excluding steroid dienone is 2. The highest BCUT2D eigenvalue weighted by molar-refractivity contribution is 5.70. The van der Waals surface area contributed by atoms with E-state index in [1.165, 1.54) is 57.8 Å². The second-order valence-electron chi connectivity index (χ2n) is 4.10. The summed E-state index contributed by atoms with van der Waals surface area (Å²) in [6, 6.07) is 0. The smallest absolute Gasteiger partial charge is 0.0389 e. The Hall–Kier alpha value is -0.590. The first kappa shape index (κ1) is 11.5. The van der Waals surface area contributed by atoms with E-state index in [0.29, 0.717) is 0 Å². The molecular formula is C13H23N. The lowest BCUT2D eigenvalue weighted by Crippen LogP contribution is -1.85. The maximum Gasteiger partial charge on any atom is 0.0389 e. The Morgan fingerprint density at radius 1 is 0.714 bits per heavy atom. The Morgan fingerprint density at radius 2 is 1.36 bits per heavy atom. The van der Waals surface area contributed by atoms with Gasteiger partial charge in [0.2, 0.25) is 0 Å². The second-order valence-corrected chi connectivity index (χ2v) is 4.10. The molecule has 1 aliphatic heterocycles. The molecule has 0 amide bonds. The molecule has 1 rings (SSSR count). The van der Waals surface area contributed by atoms with Crippen molar-refractivity contribution in [1.29, 1.82) is 0 Å². The van der Waals surface area contributed by atoms with Gasteiger partial charge in [0.05, 0.1) is 0 Å². The maximum absolute atomic E-state index is 4.35. The van der Waals surface area contributed by atoms with Gasteiger partial charge in [-0.05, 0) is 25.3 Å². The van der Waals surface area contributed by atoms with Crippen molar-refractivity contribution in [3.63, 3.8) is 0 Å². The van der Waals surface area contributed by atoms with Crippen molar-refractivity contribution in [2.75, 3.05) is 6.54 Å². The Bertz CT molecular complexity index is 150. The molecule has 0 spiro atoms. The van der Waals surface area contributed by atoms with Crippen LogP contribution in [0.1, 0.15) is 57.8 Å². The van der Waals surface area contributed by atoms with Gasteiger partial charge in [0.25, 0.3) is 0 Å². The van der Waals surface area contributed by atoms with Crippen molar-refractivity contribution in [1.82, 2.24) is 0 Å². The number of nitrogens with zero attached hydrogens (tertiary/aromatic N) is 1. The van der Waals surface area contributed by atoms with Gasteiger partial charge >= 0.3 is 0 Å². The summed E-state index contributed by atoms with van der Waals surface area (Å²) in [7, 11) is 0. The molecular weight excluding hydrogens is 170 g/mol. The minimum Gasteiger partial charge on any atom is -0.293 e. The van der Waals surface area contributed by atoms with Crippen molar-refractivity contribution >= 4 is 6.21 Å². The molecule has 0 bridgehead atoms. The summed E-state index contributed by atoms with van der Waals surface area (Å²) < 4.78 is 0. The normalized spacial score (nSPS) is 21.7. The zero-order chi connectivity index (χ0) is 9.90. The van der Waals surface area contributed by atoms with Crippen molar-refractivity contribution < 1.29 is 0 Å². The molecule has 0 radical (unpaired) electrons. The Labute approximate surface area is 88.3 Å². The molecule has 0 aromatic carbocycles. The lowest BCUT2D eigenvalue weighted by Gasteiger charge is -2.01. The van der Waals surface area contributed by atoms with Crippen LogP contribution in [0.25, 0.3) is 0 Å². The van der Waals surface area contributed by atoms with Crippen LogP contribution in [0.2, 0.25) is 0 Å². The highest BCUT2D eigenvalue weighted by atomic mass is 14.7. The molecule has 1 heterocycles. The monoisotopic (exact) mass is 193 g/mol. The first-order valence-electron chi connectivity index (χ1n) is 6.15. The second kappa shape index (κ2) is 8.98. The van der Waals surface area contributed by atoms with Crippen LogP contribution in [0.15, 0.2) is 17.1 Å². The average Bonchev–Trinajstić information content (AvgIpc) is 2.22. The van der Waals surface area contributed by atoms with Gasteiger partial charge in [-0.15, -0.1) is 0 Å². The van der Waals surface area contributed by atoms with E-state index in [-0.39, 0.29) is 0 Å². The van der Waals surface area contributed by atoms with Crippen LogP contribution in [0.3, 0.4) is 0 Å². The van der Waals surface area contributed by atoms with Crippen molar-refractivity contribution in [3.8, 4) is 0 Å². The summed E-state index contributed by atoms with van der Waals surface area (Å²) in [5, 5.41) is 0. The molecule has 0 saturated carbocycles. The fourth-order valence-electron chi connectivity index (χ4n) is 1.82. The molecule has 1 aliphatic rings. The van der Waals surface area contributed by atoms with Crippen LogP contribution < -0.4 is 0 Å². The third-order valence-electron chi connectivity index (χ3n) is 2.74. The molecule has 0 unspecified atom stereocenters. The quantitative estimate of drug-likeness (QED) is 0.548. The van der Waals surface area contributed by atoms with Gasteiger partial charge in [-0.1, -0.05) is 44.6 Å². The SMILES string of the molecule is C1=CCCCCCCCCCCN=C1. The lowest BCUT2D eigenvalue weighted by molar-refractivity contribution is 0.571. The summed E-state index contributed by atoms with van der Waals surface area (Å²) in [5.41, 5.74) is 0. The predicted octanol–water partition coefficient (Wildman–Crippen LogP) is 4.14. The lowest BCUT2D eigenvalue weighted by atomic mass is 10.1. The third-order valence-corrected chi connectivity index (χ3v) is 2.74. The highest BCUT2D eigenvalue weighted by Gasteiger charge is 1.92. The van der Waals surface area contributed by atoms with E-state index in [4.69, 9.17) is 0 Å². The van der Waals surface area contributed by atoms with E-state index < -0.39 is 0 Å². The van der Waals surface area contributed by atoms with Gasteiger partial charge in [-0.25, -0.2) is 0 Å². The van der Waals surface area contributed by atoms with Gasteiger partial charge < -0.3 is 0 Å². The van der Waals surface area contributed by atoms with E-state index >= 15 is 0 Å². The fraction of sp³-hybridized carbons (Fsp3) is 0.769. The minimum absolute atomic E-state index is 1.02. The molecule has 0 aromatic rings. The van der Waals surface area contributed by atoms with Gasteiger partial charge in [-0.2, -0.15) is 0 Å². The molecule has 0 N–H and O–H groups in total. The van der Waals surface area contributed by atoms with Crippen LogP contribution in [0, 0.1) is 0 Å². The molecule has 1 heteroatoms. The number of aliphatic imine (C=N–C) groups is 1. The molecule has 0 atom stereocenters. The largest absolute Gasteiger partial charge is 0.293 e. The summed E-state index contributed by atoms with van der Waals surface area (Å²) in [5.74, 6) is 0. The Balaban J connectivity index is 2.17. The van der Waals surface area contributed by atoms with Crippen LogP contribution in [0.4, 0.5) is 0 Å². The minimum atomic E-state index is 1.02. The first-order valence-corrected chi connectivity index (χ1v) is 6.15. The van der Waals surface area contributed by atoms with Crippen LogP contribution in [0.5, 0.6) is 0 Å². The maximum atomic E-state index is 4.35. The van der Waals surface area contributed by atoms with E-state index in [1.807, 2.05) is 6.21 Å². The standard InChI is InChI=1S/C13H23N/c1-2-4-6-8-10-12-14-13-11-9-7-5-3-1/h8,10,12H,1-7,9,11,13H2. The van der Waals surface area contributed by atoms with E-state index in [2.05, 4.69) is 17.1 Å². The first-order chi connectivity index (χ1) is 7.00. The van der Waals surface area contributed by atoms with Gasteiger partial charge in [0.15, 0.2) is 0 Å². The summed E-state index contributed by atoms with van der Waals surface area (Å²) >= 11 is 0. The molecule has 0 saturated heterocycles. The van der Waals surface area contributed by atoms with Crippen molar-refractivity contribution in [2.24, 2.45) is 4.99 Å². The fourth-order valence-corrected chi connectivity index (χ4v) is 1.82. The summed E-state index contributed by atoms with van der Waals surface area (Å²) in [6.07, 6.45) is 18.6. The summed E-state index contributed by atoms with van der Waals surface area (Å²) in [6.45, 7) is 1.02. The van der Waals surface area contributed by atoms with Gasteiger partial charge in [0, 0.05) is 12.8 Å². The van der Waals surface area contributed by atoms with E-state index in [0.717, 1.165) is 6.54 Å². The van der Waals surface area contributed by atoms with Crippen LogP contribution >= 0.6 is 0 Å². The molecule has 0 aromatic heterocycles. The summed E-state index contributed by atoms with van der Waals surface area (Å²) in [4.78, 5) is 4.35. The highest BCUT2D eigenvalue weighted by Crippen LogP contribution is 2.10. The van der Waals surface area contributed by atoms with Gasteiger partial charge in [0.1, 0.15) is 0 Å². The number of hydrogen-bond donors (Lipinski definition) is 0. The van der Waals surface area contributed by atoms with Crippen molar-refractivity contribution in [2.45, 2.75) is 57.8 Å². The zero-order valence-electron chi connectivity index (χ0n) is 9.25. The molecule has 0 fully saturated rings. The molecule has 0 aliphatic carbocycles. The number of hydrogen-bond acceptors (Lipinski definition) is 1. The zero-order valence-corrected chi connectivity index (χ0v) is 9.25. The van der Waals surface area contributed by atoms with Crippen molar-refractivity contribution in [3.05, 3.63) is 12.2 Å². The average molecular weight is 193 g/mol. The van der Waals surface area contributed by atoms with Crippen LogP contribution in [-0.2, 0) is 0 Å².